The van der Waals surface area contributed by atoms with E-state index in [0.717, 1.165) is 17.7 Å². The minimum Gasteiger partial charge on any atom is -0.478 e. The summed E-state index contributed by atoms with van der Waals surface area (Å²) in [6.45, 7) is 5.45. The molecule has 0 atom stereocenters. The minimum atomic E-state index is -0.121. The first-order valence-corrected chi connectivity index (χ1v) is 7.00. The van der Waals surface area contributed by atoms with Gasteiger partial charge in [-0.05, 0) is 19.4 Å². The van der Waals surface area contributed by atoms with E-state index in [4.69, 9.17) is 9.15 Å². The largest absolute Gasteiger partial charge is 0.478 e. The summed E-state index contributed by atoms with van der Waals surface area (Å²) in [7, 11) is 0. The van der Waals surface area contributed by atoms with Crippen LogP contribution in [0.5, 0.6) is 5.88 Å². The number of rotatable bonds is 3. The summed E-state index contributed by atoms with van der Waals surface area (Å²) >= 11 is 0. The molecule has 1 aliphatic rings. The summed E-state index contributed by atoms with van der Waals surface area (Å²) in [5.74, 6) is 0.837. The van der Waals surface area contributed by atoms with Gasteiger partial charge in [0.1, 0.15) is 0 Å². The van der Waals surface area contributed by atoms with E-state index in [2.05, 4.69) is 9.97 Å². The Bertz CT molecular complexity index is 666. The van der Waals surface area contributed by atoms with Crippen molar-refractivity contribution >= 4 is 5.91 Å². The Kier molecular flexibility index (Phi) is 3.60. The number of aromatic nitrogens is 2. The first-order valence-electron chi connectivity index (χ1n) is 7.00. The van der Waals surface area contributed by atoms with Crippen LogP contribution in [0.25, 0.3) is 0 Å². The second-order valence-corrected chi connectivity index (χ2v) is 4.93. The van der Waals surface area contributed by atoms with E-state index in [1.165, 1.54) is 6.39 Å². The molecule has 1 aliphatic heterocycles. The van der Waals surface area contributed by atoms with E-state index >= 15 is 0 Å². The lowest BCUT2D eigenvalue weighted by atomic mass is 10.1. The van der Waals surface area contributed by atoms with Crippen LogP contribution in [0.2, 0.25) is 0 Å². The smallest absolute Gasteiger partial charge is 0.291 e. The maximum atomic E-state index is 12.4. The van der Waals surface area contributed by atoms with Crippen LogP contribution in [0.15, 0.2) is 22.9 Å². The first-order chi connectivity index (χ1) is 10.2. The Labute approximate surface area is 122 Å². The van der Waals surface area contributed by atoms with Crippen LogP contribution in [0, 0.1) is 6.92 Å². The summed E-state index contributed by atoms with van der Waals surface area (Å²) in [4.78, 5) is 22.6. The molecule has 2 aromatic heterocycles. The summed E-state index contributed by atoms with van der Waals surface area (Å²) in [6.07, 6.45) is 2.02. The number of hydrogen-bond acceptors (Lipinski definition) is 5. The topological polar surface area (TPSA) is 68.5 Å². The van der Waals surface area contributed by atoms with Gasteiger partial charge in [0.2, 0.25) is 11.6 Å². The summed E-state index contributed by atoms with van der Waals surface area (Å²) < 4.78 is 10.6. The molecule has 6 nitrogen and oxygen atoms in total. The Hall–Kier alpha value is -2.37. The van der Waals surface area contributed by atoms with Crippen molar-refractivity contribution in [1.82, 2.24) is 14.9 Å². The molecule has 3 rings (SSSR count). The Morgan fingerprint density at radius 1 is 1.48 bits per heavy atom. The van der Waals surface area contributed by atoms with Crippen molar-refractivity contribution in [2.75, 3.05) is 13.2 Å². The zero-order chi connectivity index (χ0) is 14.8. The van der Waals surface area contributed by atoms with Crippen LogP contribution < -0.4 is 4.74 Å². The molecule has 2 aromatic rings. The number of oxazole rings is 1. The molecule has 0 fully saturated rings. The third kappa shape index (κ3) is 2.61. The van der Waals surface area contributed by atoms with E-state index < -0.39 is 0 Å². The highest BCUT2D eigenvalue weighted by molar-refractivity contribution is 5.92. The van der Waals surface area contributed by atoms with E-state index in [0.29, 0.717) is 37.0 Å². The lowest BCUT2D eigenvalue weighted by Crippen LogP contribution is -2.36. The van der Waals surface area contributed by atoms with Crippen LogP contribution >= 0.6 is 0 Å². The Morgan fingerprint density at radius 3 is 3.05 bits per heavy atom. The molecule has 0 saturated carbocycles. The number of ether oxygens (including phenoxy) is 1. The van der Waals surface area contributed by atoms with Gasteiger partial charge in [0.15, 0.2) is 6.39 Å². The molecule has 0 spiro atoms. The first kappa shape index (κ1) is 13.6. The highest BCUT2D eigenvalue weighted by Gasteiger charge is 2.26. The number of nitrogens with zero attached hydrogens (tertiary/aromatic N) is 3. The van der Waals surface area contributed by atoms with Crippen LogP contribution in [0.1, 0.15) is 34.4 Å². The monoisotopic (exact) mass is 287 g/mol. The van der Waals surface area contributed by atoms with Gasteiger partial charge in [0, 0.05) is 25.6 Å². The molecular formula is C15H17N3O3. The number of amides is 1. The molecule has 0 aromatic carbocycles. The normalized spacial score (nSPS) is 13.9. The zero-order valence-corrected chi connectivity index (χ0v) is 12.1. The second kappa shape index (κ2) is 5.55. The molecule has 0 aliphatic carbocycles. The standard InChI is InChI=1S/C15H17N3O3/c1-3-20-13-5-4-11-8-18(7-6-12(11)17-13)15(19)14-10(2)16-9-21-14/h4-5,9H,3,6-8H2,1-2H3. The van der Waals surface area contributed by atoms with Gasteiger partial charge in [0.25, 0.3) is 5.91 Å². The van der Waals surface area contributed by atoms with Crippen LogP contribution in [-0.2, 0) is 13.0 Å². The third-order valence-electron chi connectivity index (χ3n) is 3.54. The number of hydrogen-bond donors (Lipinski definition) is 0. The number of pyridine rings is 1. The van der Waals surface area contributed by atoms with Gasteiger partial charge in [-0.1, -0.05) is 6.07 Å². The van der Waals surface area contributed by atoms with Crippen molar-refractivity contribution in [1.29, 1.82) is 0 Å². The molecule has 6 heteroatoms. The highest BCUT2D eigenvalue weighted by Crippen LogP contribution is 2.22. The molecule has 0 N–H and O–H groups in total. The van der Waals surface area contributed by atoms with Crippen molar-refractivity contribution in [2.24, 2.45) is 0 Å². The molecule has 21 heavy (non-hydrogen) atoms. The Morgan fingerprint density at radius 2 is 2.33 bits per heavy atom. The number of carbonyl (C=O) groups excluding carboxylic acids is 1. The molecule has 3 heterocycles. The van der Waals surface area contributed by atoms with E-state index in [-0.39, 0.29) is 5.91 Å². The van der Waals surface area contributed by atoms with Crippen LogP contribution in [0.4, 0.5) is 0 Å². The fourth-order valence-electron chi connectivity index (χ4n) is 2.45. The molecule has 0 unspecified atom stereocenters. The predicted octanol–water partition coefficient (Wildman–Crippen LogP) is 1.98. The van der Waals surface area contributed by atoms with E-state index in [9.17, 15) is 4.79 Å². The van der Waals surface area contributed by atoms with Gasteiger partial charge in [0.05, 0.1) is 18.0 Å². The fraction of sp³-hybridized carbons (Fsp3) is 0.400. The number of fused-ring (bicyclic) bond motifs is 1. The average molecular weight is 287 g/mol. The van der Waals surface area contributed by atoms with Crippen molar-refractivity contribution in [3.63, 3.8) is 0 Å². The molecule has 110 valence electrons. The summed E-state index contributed by atoms with van der Waals surface area (Å²) in [5, 5.41) is 0. The molecule has 0 saturated heterocycles. The minimum absolute atomic E-state index is 0.121. The number of carbonyl (C=O) groups is 1. The molecule has 1 amide bonds. The molecule has 0 radical (unpaired) electrons. The zero-order valence-electron chi connectivity index (χ0n) is 12.1. The molecule has 0 bridgehead atoms. The van der Waals surface area contributed by atoms with Crippen LogP contribution in [-0.4, -0.2) is 33.9 Å². The average Bonchev–Trinajstić information content (AvgIpc) is 2.92. The van der Waals surface area contributed by atoms with Crippen molar-refractivity contribution < 1.29 is 13.9 Å². The fourth-order valence-corrected chi connectivity index (χ4v) is 2.45. The van der Waals surface area contributed by atoms with Crippen molar-refractivity contribution in [3.05, 3.63) is 41.2 Å². The maximum absolute atomic E-state index is 12.4. The number of aryl methyl sites for hydroxylation is 1. The van der Waals surface area contributed by atoms with E-state index in [1.807, 2.05) is 19.1 Å². The lowest BCUT2D eigenvalue weighted by Gasteiger charge is -2.27. The van der Waals surface area contributed by atoms with Gasteiger partial charge >= 0.3 is 0 Å². The quantitative estimate of drug-likeness (QED) is 0.863. The van der Waals surface area contributed by atoms with Gasteiger partial charge in [-0.2, -0.15) is 0 Å². The van der Waals surface area contributed by atoms with Gasteiger partial charge in [-0.25, -0.2) is 9.97 Å². The lowest BCUT2D eigenvalue weighted by molar-refractivity contribution is 0.0700. The Balaban J connectivity index is 1.78. The maximum Gasteiger partial charge on any atom is 0.291 e. The van der Waals surface area contributed by atoms with Gasteiger partial charge < -0.3 is 14.1 Å². The predicted molar refractivity (Wildman–Crippen MR) is 75.1 cm³/mol. The van der Waals surface area contributed by atoms with E-state index in [1.54, 1.807) is 11.8 Å². The second-order valence-electron chi connectivity index (χ2n) is 4.93. The van der Waals surface area contributed by atoms with Crippen molar-refractivity contribution in [3.8, 4) is 5.88 Å². The van der Waals surface area contributed by atoms with Gasteiger partial charge in [-0.15, -0.1) is 0 Å². The van der Waals surface area contributed by atoms with Gasteiger partial charge in [-0.3, -0.25) is 4.79 Å². The molecular weight excluding hydrogens is 270 g/mol. The SMILES string of the molecule is CCOc1ccc2c(n1)CCN(C(=O)c1ocnc1C)C2. The summed E-state index contributed by atoms with van der Waals surface area (Å²) in [6, 6.07) is 3.82. The summed E-state index contributed by atoms with van der Waals surface area (Å²) in [5.41, 5.74) is 2.67. The third-order valence-corrected chi connectivity index (χ3v) is 3.54. The van der Waals surface area contributed by atoms with Crippen LogP contribution in [0.3, 0.4) is 0 Å². The van der Waals surface area contributed by atoms with Crippen molar-refractivity contribution in [2.45, 2.75) is 26.8 Å². The highest BCUT2D eigenvalue weighted by atomic mass is 16.5.